The Morgan fingerprint density at radius 1 is 1.06 bits per heavy atom. The monoisotopic (exact) mass is 488 g/mol. The van der Waals surface area contributed by atoms with Crippen molar-refractivity contribution in [3.63, 3.8) is 0 Å². The quantitative estimate of drug-likeness (QED) is 0.532. The Morgan fingerprint density at radius 2 is 1.85 bits per heavy atom. The van der Waals surface area contributed by atoms with Crippen LogP contribution in [-0.4, -0.2) is 51.1 Å². The van der Waals surface area contributed by atoms with Gasteiger partial charge in [0.15, 0.2) is 11.4 Å². The number of sulfonamides is 1. The third kappa shape index (κ3) is 4.39. The lowest BCUT2D eigenvalue weighted by molar-refractivity contribution is -0.121. The first-order chi connectivity index (χ1) is 16.4. The minimum atomic E-state index is -3.61. The molecular formula is C22H28N6O5S. The molecule has 1 fully saturated rings. The molecule has 3 aromatic rings. The Labute approximate surface area is 196 Å². The van der Waals surface area contributed by atoms with Crippen LogP contribution in [0, 0.1) is 0 Å². The Bertz CT molecular complexity index is 1370. The SMILES string of the molecule is O=C(CCn1c(=O)oc2cc(S(=O)(=O)N3CCCC3)ccc21)NCc1nnc2n1CCCCC2. The van der Waals surface area contributed by atoms with Crippen LogP contribution >= 0.6 is 0 Å². The average Bonchev–Trinajstić information content (AvgIpc) is 3.52. The number of carbonyl (C=O) groups excluding carboxylic acids is 1. The number of oxazole rings is 1. The molecule has 0 aliphatic carbocycles. The summed E-state index contributed by atoms with van der Waals surface area (Å²) < 4.78 is 35.8. The van der Waals surface area contributed by atoms with Gasteiger partial charge in [0.05, 0.1) is 17.0 Å². The van der Waals surface area contributed by atoms with E-state index in [1.807, 2.05) is 0 Å². The Morgan fingerprint density at radius 3 is 2.68 bits per heavy atom. The number of aromatic nitrogens is 4. The molecule has 1 N–H and O–H groups in total. The van der Waals surface area contributed by atoms with Crippen molar-refractivity contribution in [2.24, 2.45) is 0 Å². The van der Waals surface area contributed by atoms with Crippen LogP contribution in [0.2, 0.25) is 0 Å². The van der Waals surface area contributed by atoms with Gasteiger partial charge in [0.25, 0.3) is 0 Å². The molecule has 2 aliphatic heterocycles. The first-order valence-electron chi connectivity index (χ1n) is 11.7. The van der Waals surface area contributed by atoms with E-state index in [2.05, 4.69) is 20.1 Å². The number of hydrogen-bond acceptors (Lipinski definition) is 7. The van der Waals surface area contributed by atoms with Gasteiger partial charge in [0.1, 0.15) is 5.82 Å². The van der Waals surface area contributed by atoms with E-state index >= 15 is 0 Å². The predicted octanol–water partition coefficient (Wildman–Crippen LogP) is 1.40. The predicted molar refractivity (Wildman–Crippen MR) is 123 cm³/mol. The van der Waals surface area contributed by atoms with Crippen molar-refractivity contribution in [3.8, 4) is 0 Å². The van der Waals surface area contributed by atoms with Crippen LogP contribution in [0.3, 0.4) is 0 Å². The van der Waals surface area contributed by atoms with Gasteiger partial charge in [-0.1, -0.05) is 6.42 Å². The second-order valence-electron chi connectivity index (χ2n) is 8.78. The largest absolute Gasteiger partial charge is 0.419 e. The highest BCUT2D eigenvalue weighted by Gasteiger charge is 2.28. The second-order valence-corrected chi connectivity index (χ2v) is 10.7. The molecule has 0 unspecified atom stereocenters. The van der Waals surface area contributed by atoms with Gasteiger partial charge in [-0.2, -0.15) is 4.31 Å². The summed E-state index contributed by atoms with van der Waals surface area (Å²) >= 11 is 0. The van der Waals surface area contributed by atoms with E-state index in [4.69, 9.17) is 4.42 Å². The van der Waals surface area contributed by atoms with Crippen LogP contribution in [-0.2, 0) is 40.9 Å². The van der Waals surface area contributed by atoms with E-state index in [9.17, 15) is 18.0 Å². The summed E-state index contributed by atoms with van der Waals surface area (Å²) in [6.07, 6.45) is 5.99. The maximum atomic E-state index is 12.8. The van der Waals surface area contributed by atoms with Gasteiger partial charge in [-0.25, -0.2) is 13.2 Å². The molecule has 1 aromatic carbocycles. The van der Waals surface area contributed by atoms with Crippen molar-refractivity contribution in [1.82, 2.24) is 29.0 Å². The van der Waals surface area contributed by atoms with Crippen molar-refractivity contribution in [2.45, 2.75) is 69.5 Å². The van der Waals surface area contributed by atoms with E-state index in [-0.39, 0.29) is 35.9 Å². The number of hydrogen-bond donors (Lipinski definition) is 1. The molecule has 0 saturated carbocycles. The Balaban J connectivity index is 1.24. The van der Waals surface area contributed by atoms with E-state index in [0.29, 0.717) is 18.6 Å². The standard InChI is InChI=1S/C22H28N6O5S/c29-21(23-15-20-25-24-19-6-2-1-3-12-28(19)20)9-13-27-17-8-7-16(14-18(17)33-22(27)30)34(31,32)26-10-4-5-11-26/h7-8,14H,1-6,9-13,15H2,(H,23,29). The van der Waals surface area contributed by atoms with Crippen LogP contribution in [0.5, 0.6) is 0 Å². The van der Waals surface area contributed by atoms with Crippen LogP contribution in [0.1, 0.15) is 50.2 Å². The zero-order valence-electron chi connectivity index (χ0n) is 18.9. The molecule has 34 heavy (non-hydrogen) atoms. The van der Waals surface area contributed by atoms with Gasteiger partial charge in [-0.05, 0) is 37.8 Å². The van der Waals surface area contributed by atoms with Crippen molar-refractivity contribution >= 4 is 27.0 Å². The number of nitrogens with zero attached hydrogens (tertiary/aromatic N) is 5. The summed E-state index contributed by atoms with van der Waals surface area (Å²) in [4.78, 5) is 24.9. The number of benzene rings is 1. The minimum Gasteiger partial charge on any atom is -0.408 e. The van der Waals surface area contributed by atoms with Crippen LogP contribution in [0.4, 0.5) is 0 Å². The smallest absolute Gasteiger partial charge is 0.408 e. The highest BCUT2D eigenvalue weighted by atomic mass is 32.2. The first kappa shape index (κ1) is 22.8. The fourth-order valence-electron chi connectivity index (χ4n) is 4.65. The fourth-order valence-corrected chi connectivity index (χ4v) is 6.18. The van der Waals surface area contributed by atoms with Gasteiger partial charge in [-0.3, -0.25) is 9.36 Å². The molecule has 0 radical (unpaired) electrons. The lowest BCUT2D eigenvalue weighted by Gasteiger charge is -2.15. The molecule has 4 heterocycles. The van der Waals surface area contributed by atoms with Crippen molar-refractivity contribution < 1.29 is 17.6 Å². The minimum absolute atomic E-state index is 0.0728. The van der Waals surface area contributed by atoms with Gasteiger partial charge < -0.3 is 14.3 Å². The van der Waals surface area contributed by atoms with E-state index < -0.39 is 15.8 Å². The molecule has 5 rings (SSSR count). The molecule has 12 heteroatoms. The molecule has 11 nitrogen and oxygen atoms in total. The van der Waals surface area contributed by atoms with E-state index in [1.165, 1.54) is 21.0 Å². The summed E-state index contributed by atoms with van der Waals surface area (Å²) in [5, 5.41) is 11.3. The number of rotatable bonds is 7. The van der Waals surface area contributed by atoms with Crippen LogP contribution < -0.4 is 11.1 Å². The van der Waals surface area contributed by atoms with Gasteiger partial charge in [0, 0.05) is 45.1 Å². The molecule has 182 valence electrons. The lowest BCUT2D eigenvalue weighted by atomic mass is 10.2. The number of carbonyl (C=O) groups is 1. The normalized spacial score (nSPS) is 17.1. The molecule has 0 atom stereocenters. The maximum Gasteiger partial charge on any atom is 0.419 e. The van der Waals surface area contributed by atoms with Crippen molar-refractivity contribution in [1.29, 1.82) is 0 Å². The molecule has 1 amide bonds. The molecule has 0 bridgehead atoms. The highest BCUT2D eigenvalue weighted by molar-refractivity contribution is 7.89. The molecule has 1 saturated heterocycles. The Kier molecular flexibility index (Phi) is 6.26. The van der Waals surface area contributed by atoms with Gasteiger partial charge >= 0.3 is 5.76 Å². The molecule has 2 aromatic heterocycles. The first-order valence-corrected chi connectivity index (χ1v) is 13.2. The zero-order chi connectivity index (χ0) is 23.7. The summed E-state index contributed by atoms with van der Waals surface area (Å²) in [5.41, 5.74) is 0.651. The highest BCUT2D eigenvalue weighted by Crippen LogP contribution is 2.24. The third-order valence-electron chi connectivity index (χ3n) is 6.53. The Hall–Kier alpha value is -2.99. The number of amides is 1. The average molecular weight is 489 g/mol. The third-order valence-corrected chi connectivity index (χ3v) is 8.43. The lowest BCUT2D eigenvalue weighted by Crippen LogP contribution is -2.27. The molecular weight excluding hydrogens is 460 g/mol. The second kappa shape index (κ2) is 9.34. The number of fused-ring (bicyclic) bond motifs is 2. The summed E-state index contributed by atoms with van der Waals surface area (Å²) in [6.45, 7) is 2.26. The summed E-state index contributed by atoms with van der Waals surface area (Å²) in [5.74, 6) is 0.856. The maximum absolute atomic E-state index is 12.8. The van der Waals surface area contributed by atoms with Crippen molar-refractivity contribution in [2.75, 3.05) is 13.1 Å². The number of aryl methyl sites for hydroxylation is 2. The zero-order valence-corrected chi connectivity index (χ0v) is 19.7. The summed E-state index contributed by atoms with van der Waals surface area (Å²) in [7, 11) is -3.61. The van der Waals surface area contributed by atoms with Crippen LogP contribution in [0.25, 0.3) is 11.1 Å². The topological polar surface area (TPSA) is 132 Å². The molecule has 2 aliphatic rings. The number of nitrogens with one attached hydrogen (secondary N) is 1. The van der Waals surface area contributed by atoms with Gasteiger partial charge in [-0.15, -0.1) is 10.2 Å². The van der Waals surface area contributed by atoms with Gasteiger partial charge in [0.2, 0.25) is 15.9 Å². The van der Waals surface area contributed by atoms with Crippen LogP contribution in [0.15, 0.2) is 32.3 Å². The fraction of sp³-hybridized carbons (Fsp3) is 0.545. The van der Waals surface area contributed by atoms with Crippen molar-refractivity contribution in [3.05, 3.63) is 40.4 Å². The molecule has 0 spiro atoms. The van der Waals surface area contributed by atoms with E-state index in [0.717, 1.165) is 56.7 Å². The van der Waals surface area contributed by atoms with E-state index in [1.54, 1.807) is 6.07 Å². The summed E-state index contributed by atoms with van der Waals surface area (Å²) in [6, 6.07) is 4.43.